The van der Waals surface area contributed by atoms with Crippen molar-refractivity contribution in [3.8, 4) is 11.3 Å². The zero-order valence-electron chi connectivity index (χ0n) is 15.5. The smallest absolute Gasteiger partial charge is 0.306 e. The molecule has 0 aliphatic heterocycles. The number of carbonyl (C=O) groups is 1. The largest absolute Gasteiger partial charge is 0.326 e. The Morgan fingerprint density at radius 3 is 2.53 bits per heavy atom. The molecule has 1 aromatic heterocycles. The van der Waals surface area contributed by atoms with Crippen LogP contribution >= 0.6 is 0 Å². The van der Waals surface area contributed by atoms with Gasteiger partial charge in [0.05, 0.1) is 10.6 Å². The van der Waals surface area contributed by atoms with Crippen molar-refractivity contribution in [2.75, 3.05) is 5.32 Å². The van der Waals surface area contributed by atoms with E-state index in [1.165, 1.54) is 35.0 Å². The maximum Gasteiger partial charge on any atom is 0.306 e. The molecule has 0 spiro atoms. The number of nitro benzene ring substituents is 1. The molecule has 0 aliphatic rings. The van der Waals surface area contributed by atoms with Gasteiger partial charge in [0.15, 0.2) is 0 Å². The van der Waals surface area contributed by atoms with Gasteiger partial charge in [-0.1, -0.05) is 0 Å². The second-order valence-corrected chi connectivity index (χ2v) is 6.36. The van der Waals surface area contributed by atoms with Crippen LogP contribution < -0.4 is 10.9 Å². The van der Waals surface area contributed by atoms with Crippen LogP contribution in [0.3, 0.4) is 0 Å². The Kier molecular flexibility index (Phi) is 6.26. The summed E-state index contributed by atoms with van der Waals surface area (Å²) in [6.07, 6.45) is 0.287. The van der Waals surface area contributed by atoms with Gasteiger partial charge in [0.2, 0.25) is 11.7 Å². The Hall–Kier alpha value is -3.95. The minimum Gasteiger partial charge on any atom is -0.326 e. The zero-order valence-corrected chi connectivity index (χ0v) is 15.5. The normalized spacial score (nSPS) is 10.6. The molecule has 1 N–H and O–H groups in total. The fourth-order valence-electron chi connectivity index (χ4n) is 2.73. The molecule has 8 nitrogen and oxygen atoms in total. The molecule has 0 unspecified atom stereocenters. The monoisotopic (exact) mass is 414 g/mol. The third-order valence-electron chi connectivity index (χ3n) is 4.21. The van der Waals surface area contributed by atoms with E-state index in [2.05, 4.69) is 10.4 Å². The van der Waals surface area contributed by atoms with Crippen molar-refractivity contribution < 1.29 is 18.5 Å². The van der Waals surface area contributed by atoms with E-state index in [1.54, 1.807) is 12.1 Å². The van der Waals surface area contributed by atoms with Gasteiger partial charge >= 0.3 is 5.69 Å². The van der Waals surface area contributed by atoms with Crippen LogP contribution in [0.5, 0.6) is 0 Å². The molecule has 10 heteroatoms. The van der Waals surface area contributed by atoms with Gasteiger partial charge in [0, 0.05) is 36.3 Å². The van der Waals surface area contributed by atoms with Gasteiger partial charge in [0.1, 0.15) is 5.82 Å². The van der Waals surface area contributed by atoms with E-state index in [-0.39, 0.29) is 36.5 Å². The predicted molar refractivity (Wildman–Crippen MR) is 105 cm³/mol. The number of aryl methyl sites for hydroxylation is 1. The van der Waals surface area contributed by atoms with Crippen LogP contribution in [0.1, 0.15) is 12.8 Å². The summed E-state index contributed by atoms with van der Waals surface area (Å²) in [4.78, 5) is 33.9. The molecule has 0 fully saturated rings. The molecule has 3 rings (SSSR count). The number of nitrogens with one attached hydrogen (secondary N) is 1. The zero-order chi connectivity index (χ0) is 21.7. The van der Waals surface area contributed by atoms with Crippen molar-refractivity contribution in [2.24, 2.45) is 0 Å². The Morgan fingerprint density at radius 2 is 1.83 bits per heavy atom. The molecule has 1 amide bonds. The summed E-state index contributed by atoms with van der Waals surface area (Å²) in [5.41, 5.74) is 0.136. The minimum absolute atomic E-state index is 0.0140. The van der Waals surface area contributed by atoms with Gasteiger partial charge in [-0.05, 0) is 48.9 Å². The van der Waals surface area contributed by atoms with Crippen LogP contribution in [0.25, 0.3) is 11.3 Å². The van der Waals surface area contributed by atoms with Gasteiger partial charge in [-0.25, -0.2) is 9.07 Å². The van der Waals surface area contributed by atoms with Crippen LogP contribution in [0.4, 0.5) is 20.2 Å². The molecule has 0 saturated heterocycles. The summed E-state index contributed by atoms with van der Waals surface area (Å²) in [7, 11) is 0. The quantitative estimate of drug-likeness (QED) is 0.470. The van der Waals surface area contributed by atoms with Crippen LogP contribution in [0.2, 0.25) is 0 Å². The van der Waals surface area contributed by atoms with Gasteiger partial charge in [-0.3, -0.25) is 19.7 Å². The number of carbonyl (C=O) groups excluding carboxylic acids is 1. The van der Waals surface area contributed by atoms with Crippen molar-refractivity contribution in [1.29, 1.82) is 0 Å². The van der Waals surface area contributed by atoms with E-state index in [0.29, 0.717) is 11.3 Å². The molecule has 0 aliphatic carbocycles. The average molecular weight is 414 g/mol. The third-order valence-corrected chi connectivity index (χ3v) is 4.21. The number of hydrogen-bond acceptors (Lipinski definition) is 5. The number of aromatic nitrogens is 2. The second-order valence-electron chi connectivity index (χ2n) is 6.36. The lowest BCUT2D eigenvalue weighted by molar-refractivity contribution is -0.387. The van der Waals surface area contributed by atoms with Crippen molar-refractivity contribution >= 4 is 17.3 Å². The van der Waals surface area contributed by atoms with Crippen molar-refractivity contribution in [3.05, 3.63) is 86.7 Å². The van der Waals surface area contributed by atoms with Gasteiger partial charge in [0.25, 0.3) is 5.56 Å². The number of nitrogens with zero attached hydrogens (tertiary/aromatic N) is 3. The number of nitro groups is 1. The number of amides is 1. The minimum atomic E-state index is -0.996. The standard InChI is InChI=1S/C20H16F2N4O4/c21-14-5-3-13(4-6-14)17-9-10-20(28)25(24-17)11-1-2-19(27)23-15-7-8-16(22)18(12-15)26(29)30/h3-10,12H,1-2,11H2,(H,23,27). The lowest BCUT2D eigenvalue weighted by atomic mass is 10.1. The summed E-state index contributed by atoms with van der Waals surface area (Å²) in [6.45, 7) is 0.158. The molecule has 0 radical (unpaired) electrons. The molecular weight excluding hydrogens is 398 g/mol. The third kappa shape index (κ3) is 5.10. The first-order valence-electron chi connectivity index (χ1n) is 8.91. The number of rotatable bonds is 7. The Bertz CT molecular complexity index is 1150. The number of hydrogen-bond donors (Lipinski definition) is 1. The van der Waals surface area contributed by atoms with Crippen molar-refractivity contribution in [3.63, 3.8) is 0 Å². The fraction of sp³-hybridized carbons (Fsp3) is 0.150. The van der Waals surface area contributed by atoms with E-state index in [9.17, 15) is 28.5 Å². The molecular formula is C20H16F2N4O4. The van der Waals surface area contributed by atoms with E-state index in [1.807, 2.05) is 0 Å². The molecule has 154 valence electrons. The highest BCUT2D eigenvalue weighted by Crippen LogP contribution is 2.22. The lowest BCUT2D eigenvalue weighted by Gasteiger charge is -2.08. The van der Waals surface area contributed by atoms with E-state index >= 15 is 0 Å². The molecule has 2 aromatic carbocycles. The topological polar surface area (TPSA) is 107 Å². The predicted octanol–water partition coefficient (Wildman–Crippen LogP) is 3.52. The van der Waals surface area contributed by atoms with Crippen LogP contribution in [0.15, 0.2) is 59.4 Å². The van der Waals surface area contributed by atoms with E-state index < -0.39 is 22.3 Å². The lowest BCUT2D eigenvalue weighted by Crippen LogP contribution is -2.23. The van der Waals surface area contributed by atoms with Gasteiger partial charge in [-0.2, -0.15) is 9.49 Å². The second kappa shape index (κ2) is 9.03. The maximum absolute atomic E-state index is 13.3. The van der Waals surface area contributed by atoms with Gasteiger partial charge < -0.3 is 5.32 Å². The Balaban J connectivity index is 1.61. The summed E-state index contributed by atoms with van der Waals surface area (Å²) < 4.78 is 27.6. The van der Waals surface area contributed by atoms with E-state index in [4.69, 9.17) is 0 Å². The van der Waals surface area contributed by atoms with E-state index in [0.717, 1.165) is 12.1 Å². The Labute approximate surface area is 168 Å². The van der Waals surface area contributed by atoms with Crippen molar-refractivity contribution in [1.82, 2.24) is 9.78 Å². The fourth-order valence-corrected chi connectivity index (χ4v) is 2.73. The average Bonchev–Trinajstić information content (AvgIpc) is 2.71. The Morgan fingerprint density at radius 1 is 1.10 bits per heavy atom. The van der Waals surface area contributed by atoms with Crippen LogP contribution in [-0.2, 0) is 11.3 Å². The highest BCUT2D eigenvalue weighted by Gasteiger charge is 2.15. The number of benzene rings is 2. The SMILES string of the molecule is O=C(CCCn1nc(-c2ccc(F)cc2)ccc1=O)Nc1ccc(F)c([N+](=O)[O-])c1. The molecule has 0 saturated carbocycles. The summed E-state index contributed by atoms with van der Waals surface area (Å²) in [6, 6.07) is 11.6. The molecule has 0 bridgehead atoms. The molecule has 0 atom stereocenters. The summed E-state index contributed by atoms with van der Waals surface area (Å²) in [5, 5.41) is 17.4. The molecule has 3 aromatic rings. The van der Waals surface area contributed by atoms with Crippen LogP contribution in [-0.4, -0.2) is 20.6 Å². The maximum atomic E-state index is 13.3. The van der Waals surface area contributed by atoms with Crippen LogP contribution in [0, 0.1) is 21.7 Å². The first kappa shape index (κ1) is 20.8. The number of anilines is 1. The summed E-state index contributed by atoms with van der Waals surface area (Å²) >= 11 is 0. The molecule has 30 heavy (non-hydrogen) atoms. The van der Waals surface area contributed by atoms with Gasteiger partial charge in [-0.15, -0.1) is 0 Å². The highest BCUT2D eigenvalue weighted by molar-refractivity contribution is 5.91. The first-order chi connectivity index (χ1) is 14.3. The van der Waals surface area contributed by atoms with Crippen molar-refractivity contribution in [2.45, 2.75) is 19.4 Å². The highest BCUT2D eigenvalue weighted by atomic mass is 19.1. The number of halogens is 2. The molecule has 1 heterocycles. The first-order valence-corrected chi connectivity index (χ1v) is 8.91. The summed E-state index contributed by atoms with van der Waals surface area (Å²) in [5.74, 6) is -1.83.